The number of hydrogen-bond donors (Lipinski definition) is 0. The quantitative estimate of drug-likeness (QED) is 0.502. The van der Waals surface area contributed by atoms with E-state index in [-0.39, 0.29) is 0 Å². The molecule has 0 aliphatic rings. The second-order valence-electron chi connectivity index (χ2n) is 4.18. The molecule has 98 valence electrons. The Labute approximate surface area is 113 Å². The van der Waals surface area contributed by atoms with E-state index in [9.17, 15) is 0 Å². The average molecular weight is 262 g/mol. The van der Waals surface area contributed by atoms with E-state index < -0.39 is 0 Å². The molecule has 0 saturated carbocycles. The maximum atomic E-state index is 5.76. The summed E-state index contributed by atoms with van der Waals surface area (Å²) in [4.78, 5) is 0. The van der Waals surface area contributed by atoms with Crippen LogP contribution in [-0.2, 0) is 15.6 Å². The maximum absolute atomic E-state index is 5.76. The Morgan fingerprint density at radius 1 is 1.39 bits per heavy atom. The van der Waals surface area contributed by atoms with Gasteiger partial charge in [0, 0.05) is 25.9 Å². The molecule has 0 spiro atoms. The Bertz CT molecular complexity index is 352. The van der Waals surface area contributed by atoms with Crippen LogP contribution >= 0.6 is 0 Å². The lowest BCUT2D eigenvalue weighted by Gasteiger charge is -2.12. The highest BCUT2D eigenvalue weighted by Gasteiger charge is 2.08. The van der Waals surface area contributed by atoms with Crippen molar-refractivity contribution >= 4 is 15.8 Å². The van der Waals surface area contributed by atoms with E-state index in [2.05, 4.69) is 31.7 Å². The van der Waals surface area contributed by atoms with Crippen LogP contribution in [0.4, 0.5) is 0 Å². The van der Waals surface area contributed by atoms with E-state index in [1.807, 2.05) is 12.1 Å². The summed E-state index contributed by atoms with van der Waals surface area (Å²) in [7, 11) is 2.27. The molecule has 0 aliphatic heterocycles. The van der Waals surface area contributed by atoms with Gasteiger partial charge in [-0.1, -0.05) is 50.3 Å². The molecule has 1 atom stereocenters. The van der Waals surface area contributed by atoms with E-state index >= 15 is 0 Å². The van der Waals surface area contributed by atoms with E-state index in [0.29, 0.717) is 15.3 Å². The van der Waals surface area contributed by atoms with E-state index in [1.54, 1.807) is 7.11 Å². The molecule has 0 aliphatic carbocycles. The first-order valence-electron chi connectivity index (χ1n) is 6.38. The number of hydrogen-bond acceptors (Lipinski definition) is 2. The van der Waals surface area contributed by atoms with Gasteiger partial charge in [0.25, 0.3) is 0 Å². The molecular formula is C15H22O2Si. The van der Waals surface area contributed by atoms with Gasteiger partial charge in [-0.25, -0.2) is 0 Å². The molecule has 2 nitrogen and oxygen atoms in total. The van der Waals surface area contributed by atoms with Crippen LogP contribution in [0.1, 0.15) is 24.5 Å². The van der Waals surface area contributed by atoms with Gasteiger partial charge < -0.3 is 9.16 Å². The second kappa shape index (κ2) is 9.08. The summed E-state index contributed by atoms with van der Waals surface area (Å²) in [6.07, 6.45) is 3.95. The average Bonchev–Trinajstić information content (AvgIpc) is 2.42. The summed E-state index contributed by atoms with van der Waals surface area (Å²) >= 11 is 0. The first-order valence-corrected chi connectivity index (χ1v) is 7.37. The van der Waals surface area contributed by atoms with Crippen molar-refractivity contribution in [1.29, 1.82) is 0 Å². The molecule has 0 aromatic heterocycles. The van der Waals surface area contributed by atoms with Crippen LogP contribution in [0.2, 0.25) is 5.54 Å². The molecule has 0 bridgehead atoms. The highest BCUT2D eigenvalue weighted by molar-refractivity contribution is 6.29. The van der Waals surface area contributed by atoms with E-state index in [4.69, 9.17) is 9.16 Å². The largest absolute Gasteiger partial charge is 0.417 e. The fourth-order valence-electron chi connectivity index (χ4n) is 1.74. The topological polar surface area (TPSA) is 18.5 Å². The monoisotopic (exact) mass is 262 g/mol. The first kappa shape index (κ1) is 15.2. The fraction of sp³-hybridized carbons (Fsp3) is 0.467. The Morgan fingerprint density at radius 3 is 2.83 bits per heavy atom. The Kier molecular flexibility index (Phi) is 7.65. The van der Waals surface area contributed by atoms with Gasteiger partial charge in [0.05, 0.1) is 0 Å². The standard InChI is InChI=1S/C15H22O2Si/c1-4-13-8-6-7-9-14(13)10-11-17-18-15(5-2)12-16-3/h4,6-9,15H,1,5,10-12H2,2-3H3. The Morgan fingerprint density at radius 2 is 2.17 bits per heavy atom. The zero-order valence-electron chi connectivity index (χ0n) is 11.3. The lowest BCUT2D eigenvalue weighted by atomic mass is 10.1. The van der Waals surface area contributed by atoms with Crippen molar-refractivity contribution in [2.45, 2.75) is 25.3 Å². The minimum absolute atomic E-state index is 0.528. The summed E-state index contributed by atoms with van der Waals surface area (Å²) in [5.41, 5.74) is 3.04. The Hall–Kier alpha value is -0.903. The molecule has 0 amide bonds. The molecule has 1 aromatic carbocycles. The van der Waals surface area contributed by atoms with Crippen LogP contribution in [0.15, 0.2) is 30.8 Å². The third-order valence-electron chi connectivity index (χ3n) is 2.86. The van der Waals surface area contributed by atoms with Gasteiger partial charge in [-0.15, -0.1) is 0 Å². The highest BCUT2D eigenvalue weighted by Crippen LogP contribution is 2.12. The minimum Gasteiger partial charge on any atom is -0.417 e. The van der Waals surface area contributed by atoms with Crippen LogP contribution < -0.4 is 0 Å². The summed E-state index contributed by atoms with van der Waals surface area (Å²) < 4.78 is 10.9. The predicted octanol–water partition coefficient (Wildman–Crippen LogP) is 3.35. The van der Waals surface area contributed by atoms with E-state index in [1.165, 1.54) is 11.1 Å². The Balaban J connectivity index is 2.31. The lowest BCUT2D eigenvalue weighted by Crippen LogP contribution is -2.14. The van der Waals surface area contributed by atoms with Crippen LogP contribution in [0.5, 0.6) is 0 Å². The fourth-order valence-corrected chi connectivity index (χ4v) is 2.59. The van der Waals surface area contributed by atoms with Crippen molar-refractivity contribution in [3.05, 3.63) is 42.0 Å². The minimum atomic E-state index is 0.528. The molecule has 1 rings (SSSR count). The molecular weight excluding hydrogens is 240 g/mol. The maximum Gasteiger partial charge on any atom is 0.235 e. The molecule has 1 unspecified atom stereocenters. The number of methoxy groups -OCH3 is 1. The van der Waals surface area contributed by atoms with Gasteiger partial charge in [-0.3, -0.25) is 0 Å². The number of rotatable bonds is 9. The molecule has 0 fully saturated rings. The first-order chi connectivity index (χ1) is 8.81. The van der Waals surface area contributed by atoms with Crippen molar-refractivity contribution in [2.24, 2.45) is 0 Å². The molecule has 0 heterocycles. The zero-order valence-corrected chi connectivity index (χ0v) is 12.3. The highest BCUT2D eigenvalue weighted by atomic mass is 28.2. The summed E-state index contributed by atoms with van der Waals surface area (Å²) in [6, 6.07) is 8.32. The van der Waals surface area contributed by atoms with Gasteiger partial charge >= 0.3 is 0 Å². The normalized spacial score (nSPS) is 12.3. The molecule has 0 N–H and O–H groups in total. The second-order valence-corrected chi connectivity index (χ2v) is 5.52. The molecule has 18 heavy (non-hydrogen) atoms. The smallest absolute Gasteiger partial charge is 0.235 e. The SMILES string of the molecule is C=Cc1ccccc1CCO[Si]C(CC)COC. The summed E-state index contributed by atoms with van der Waals surface area (Å²) in [6.45, 7) is 7.56. The third-order valence-corrected chi connectivity index (χ3v) is 4.14. The van der Waals surface area contributed by atoms with Gasteiger partial charge in [0.2, 0.25) is 9.76 Å². The van der Waals surface area contributed by atoms with E-state index in [0.717, 1.165) is 26.1 Å². The molecule has 2 radical (unpaired) electrons. The molecule has 0 saturated heterocycles. The number of benzene rings is 1. The predicted molar refractivity (Wildman–Crippen MR) is 77.9 cm³/mol. The molecule has 1 aromatic rings. The van der Waals surface area contributed by atoms with Gasteiger partial charge in [-0.05, 0) is 17.5 Å². The van der Waals surface area contributed by atoms with Crippen LogP contribution in [0.3, 0.4) is 0 Å². The van der Waals surface area contributed by atoms with Crippen molar-refractivity contribution < 1.29 is 9.16 Å². The van der Waals surface area contributed by atoms with Crippen molar-refractivity contribution in [3.8, 4) is 0 Å². The summed E-state index contributed by atoms with van der Waals surface area (Å²) in [5, 5.41) is 0. The van der Waals surface area contributed by atoms with Crippen LogP contribution in [0.25, 0.3) is 6.08 Å². The van der Waals surface area contributed by atoms with Crippen molar-refractivity contribution in [1.82, 2.24) is 0 Å². The third kappa shape index (κ3) is 5.17. The number of ether oxygens (including phenoxy) is 1. The summed E-state index contributed by atoms with van der Waals surface area (Å²) in [5.74, 6) is 0. The van der Waals surface area contributed by atoms with Crippen molar-refractivity contribution in [2.75, 3.05) is 20.3 Å². The van der Waals surface area contributed by atoms with Gasteiger partial charge in [-0.2, -0.15) is 0 Å². The zero-order chi connectivity index (χ0) is 13.2. The van der Waals surface area contributed by atoms with Crippen molar-refractivity contribution in [3.63, 3.8) is 0 Å². The lowest BCUT2D eigenvalue weighted by molar-refractivity contribution is 0.187. The van der Waals surface area contributed by atoms with Crippen LogP contribution in [0, 0.1) is 0 Å². The van der Waals surface area contributed by atoms with Crippen LogP contribution in [-0.4, -0.2) is 30.1 Å². The molecule has 3 heteroatoms. The van der Waals surface area contributed by atoms with Gasteiger partial charge in [0.1, 0.15) is 0 Å². The van der Waals surface area contributed by atoms with Gasteiger partial charge in [0.15, 0.2) is 0 Å².